The number of hydrogen-bond acceptors (Lipinski definition) is 3. The van der Waals surface area contributed by atoms with Crippen LogP contribution in [0.15, 0.2) is 42.6 Å². The lowest BCUT2D eigenvalue weighted by Crippen LogP contribution is -2.07. The number of aliphatic hydroxyl groups is 1. The lowest BCUT2D eigenvalue weighted by molar-refractivity contribution is 0.168. The Balaban J connectivity index is 2.22. The van der Waals surface area contributed by atoms with Crippen LogP contribution in [-0.4, -0.2) is 17.2 Å². The van der Waals surface area contributed by atoms with Gasteiger partial charge in [0.25, 0.3) is 0 Å². The van der Waals surface area contributed by atoms with Gasteiger partial charge < -0.3 is 9.84 Å². The minimum Gasteiger partial charge on any atom is -0.495 e. The predicted octanol–water partition coefficient (Wildman–Crippen LogP) is 2.67. The Kier molecular flexibility index (Phi) is 3.95. The largest absolute Gasteiger partial charge is 0.495 e. The summed E-state index contributed by atoms with van der Waals surface area (Å²) in [5.74, 6) is 0.624. The Morgan fingerprint density at radius 1 is 1.22 bits per heavy atom. The smallest absolute Gasteiger partial charge is 0.143 e. The Bertz CT molecular complexity index is 525. The summed E-state index contributed by atoms with van der Waals surface area (Å²) < 4.78 is 5.21. The molecule has 0 bridgehead atoms. The number of methoxy groups -OCH3 is 1. The second kappa shape index (κ2) is 5.65. The van der Waals surface area contributed by atoms with Crippen LogP contribution in [0.5, 0.6) is 5.75 Å². The van der Waals surface area contributed by atoms with Gasteiger partial charge in [0.2, 0.25) is 0 Å². The van der Waals surface area contributed by atoms with Crippen molar-refractivity contribution in [3.8, 4) is 5.75 Å². The molecular formula is C15H17NO2. The van der Waals surface area contributed by atoms with E-state index in [1.165, 1.54) is 5.56 Å². The number of ether oxygens (including phenoxy) is 1. The molecule has 0 fully saturated rings. The highest BCUT2D eigenvalue weighted by Crippen LogP contribution is 2.25. The van der Waals surface area contributed by atoms with E-state index >= 15 is 0 Å². The van der Waals surface area contributed by atoms with Gasteiger partial charge in [0.1, 0.15) is 17.5 Å². The Labute approximate surface area is 107 Å². The van der Waals surface area contributed by atoms with Gasteiger partial charge in [-0.2, -0.15) is 0 Å². The molecule has 1 aromatic carbocycles. The first-order chi connectivity index (χ1) is 8.72. The standard InChI is InChI=1S/C15H17NO2/c1-11-6-3-4-7-12(11)10-13(17)15-14(18-2)8-5-9-16-15/h3-9,13,17H,10H2,1-2H3. The summed E-state index contributed by atoms with van der Waals surface area (Å²) in [6.45, 7) is 2.04. The van der Waals surface area contributed by atoms with Crippen LogP contribution in [0.4, 0.5) is 0 Å². The van der Waals surface area contributed by atoms with Gasteiger partial charge in [-0.3, -0.25) is 4.98 Å². The monoisotopic (exact) mass is 243 g/mol. The van der Waals surface area contributed by atoms with Gasteiger partial charge in [-0.25, -0.2) is 0 Å². The van der Waals surface area contributed by atoms with Crippen molar-refractivity contribution in [2.24, 2.45) is 0 Å². The van der Waals surface area contributed by atoms with Crippen molar-refractivity contribution in [3.63, 3.8) is 0 Å². The first kappa shape index (κ1) is 12.6. The molecule has 2 rings (SSSR count). The zero-order valence-corrected chi connectivity index (χ0v) is 10.6. The third-order valence-electron chi connectivity index (χ3n) is 3.01. The van der Waals surface area contributed by atoms with Gasteiger partial charge in [0, 0.05) is 12.6 Å². The van der Waals surface area contributed by atoms with Gasteiger partial charge in [-0.15, -0.1) is 0 Å². The summed E-state index contributed by atoms with van der Waals surface area (Å²) in [6, 6.07) is 11.6. The molecule has 3 nitrogen and oxygen atoms in total. The molecule has 94 valence electrons. The van der Waals surface area contributed by atoms with E-state index in [9.17, 15) is 5.11 Å². The van der Waals surface area contributed by atoms with E-state index in [4.69, 9.17) is 4.74 Å². The molecule has 0 saturated carbocycles. The van der Waals surface area contributed by atoms with Crippen molar-refractivity contribution in [3.05, 3.63) is 59.4 Å². The summed E-state index contributed by atoms with van der Waals surface area (Å²) in [6.07, 6.45) is 1.56. The number of nitrogens with zero attached hydrogens (tertiary/aromatic N) is 1. The zero-order chi connectivity index (χ0) is 13.0. The number of aliphatic hydroxyl groups excluding tert-OH is 1. The molecule has 0 aliphatic heterocycles. The minimum atomic E-state index is -0.651. The van der Waals surface area contributed by atoms with Gasteiger partial charge >= 0.3 is 0 Å². The maximum absolute atomic E-state index is 10.3. The predicted molar refractivity (Wildman–Crippen MR) is 70.6 cm³/mol. The first-order valence-corrected chi connectivity index (χ1v) is 5.94. The summed E-state index contributed by atoms with van der Waals surface area (Å²) in [4.78, 5) is 4.20. The lowest BCUT2D eigenvalue weighted by Gasteiger charge is -2.14. The fourth-order valence-electron chi connectivity index (χ4n) is 1.97. The number of hydrogen-bond donors (Lipinski definition) is 1. The summed E-state index contributed by atoms with van der Waals surface area (Å²) in [5.41, 5.74) is 2.88. The maximum Gasteiger partial charge on any atom is 0.143 e. The number of aromatic nitrogens is 1. The highest BCUT2D eigenvalue weighted by atomic mass is 16.5. The first-order valence-electron chi connectivity index (χ1n) is 5.94. The quantitative estimate of drug-likeness (QED) is 0.897. The van der Waals surface area contributed by atoms with Crippen LogP contribution in [0.2, 0.25) is 0 Å². The fourth-order valence-corrected chi connectivity index (χ4v) is 1.97. The Morgan fingerprint density at radius 3 is 2.72 bits per heavy atom. The van der Waals surface area contributed by atoms with Crippen LogP contribution in [0.1, 0.15) is 22.9 Å². The normalized spacial score (nSPS) is 12.2. The highest BCUT2D eigenvalue weighted by molar-refractivity contribution is 5.32. The van der Waals surface area contributed by atoms with E-state index in [1.807, 2.05) is 37.3 Å². The third-order valence-corrected chi connectivity index (χ3v) is 3.01. The molecule has 1 aromatic heterocycles. The van der Waals surface area contributed by atoms with Gasteiger partial charge in [-0.1, -0.05) is 24.3 Å². The molecule has 2 aromatic rings. The van der Waals surface area contributed by atoms with E-state index in [0.717, 1.165) is 5.56 Å². The van der Waals surface area contributed by atoms with Crippen molar-refractivity contribution < 1.29 is 9.84 Å². The van der Waals surface area contributed by atoms with E-state index in [0.29, 0.717) is 17.9 Å². The van der Waals surface area contributed by atoms with E-state index in [2.05, 4.69) is 4.98 Å². The molecule has 0 aliphatic carbocycles. The van der Waals surface area contributed by atoms with Crippen molar-refractivity contribution in [2.45, 2.75) is 19.4 Å². The fraction of sp³-hybridized carbons (Fsp3) is 0.267. The van der Waals surface area contributed by atoms with Crippen LogP contribution < -0.4 is 4.74 Å². The summed E-state index contributed by atoms with van der Waals surface area (Å²) >= 11 is 0. The van der Waals surface area contributed by atoms with Crippen LogP contribution in [0, 0.1) is 6.92 Å². The van der Waals surface area contributed by atoms with Crippen molar-refractivity contribution in [1.82, 2.24) is 4.98 Å². The third kappa shape index (κ3) is 2.68. The van der Waals surface area contributed by atoms with E-state index in [1.54, 1.807) is 19.4 Å². The van der Waals surface area contributed by atoms with Crippen molar-refractivity contribution >= 4 is 0 Å². The molecule has 1 N–H and O–H groups in total. The van der Waals surface area contributed by atoms with Gasteiger partial charge in [0.15, 0.2) is 0 Å². The average molecular weight is 243 g/mol. The van der Waals surface area contributed by atoms with E-state index in [-0.39, 0.29) is 0 Å². The number of pyridine rings is 1. The van der Waals surface area contributed by atoms with Gasteiger partial charge in [-0.05, 0) is 30.2 Å². The zero-order valence-electron chi connectivity index (χ0n) is 10.6. The lowest BCUT2D eigenvalue weighted by atomic mass is 10.0. The number of benzene rings is 1. The second-order valence-corrected chi connectivity index (χ2v) is 4.24. The minimum absolute atomic E-state index is 0.542. The molecule has 0 amide bonds. The van der Waals surface area contributed by atoms with Crippen LogP contribution in [0.25, 0.3) is 0 Å². The molecule has 18 heavy (non-hydrogen) atoms. The molecule has 1 unspecified atom stereocenters. The molecular weight excluding hydrogens is 226 g/mol. The molecule has 0 radical (unpaired) electrons. The SMILES string of the molecule is COc1cccnc1C(O)Cc1ccccc1C. The Morgan fingerprint density at radius 2 is 2.00 bits per heavy atom. The Hall–Kier alpha value is -1.87. The average Bonchev–Trinajstić information content (AvgIpc) is 2.41. The maximum atomic E-state index is 10.3. The summed E-state index contributed by atoms with van der Waals surface area (Å²) in [7, 11) is 1.58. The molecule has 0 saturated heterocycles. The molecule has 0 aliphatic rings. The van der Waals surface area contributed by atoms with Gasteiger partial charge in [0.05, 0.1) is 7.11 Å². The van der Waals surface area contributed by atoms with Crippen molar-refractivity contribution in [1.29, 1.82) is 0 Å². The highest BCUT2D eigenvalue weighted by Gasteiger charge is 2.15. The molecule has 1 heterocycles. The van der Waals surface area contributed by atoms with Crippen LogP contribution in [0.3, 0.4) is 0 Å². The molecule has 0 spiro atoms. The topological polar surface area (TPSA) is 42.4 Å². The van der Waals surface area contributed by atoms with Crippen molar-refractivity contribution in [2.75, 3.05) is 7.11 Å². The van der Waals surface area contributed by atoms with Crippen LogP contribution in [-0.2, 0) is 6.42 Å². The molecule has 3 heteroatoms. The second-order valence-electron chi connectivity index (χ2n) is 4.24. The number of aryl methyl sites for hydroxylation is 1. The summed E-state index contributed by atoms with van der Waals surface area (Å²) in [5, 5.41) is 10.3. The van der Waals surface area contributed by atoms with Crippen LogP contribution >= 0.6 is 0 Å². The van der Waals surface area contributed by atoms with E-state index < -0.39 is 6.10 Å². The molecule has 1 atom stereocenters. The number of rotatable bonds is 4.